The zero-order valence-corrected chi connectivity index (χ0v) is 12.2. The molecular formula is C17H18FNO2. The Labute approximate surface area is 123 Å². The molecule has 0 heterocycles. The van der Waals surface area contributed by atoms with E-state index in [1.165, 1.54) is 6.07 Å². The Balaban J connectivity index is 1.98. The summed E-state index contributed by atoms with van der Waals surface area (Å²) < 4.78 is 18.7. The molecule has 2 aromatic rings. The van der Waals surface area contributed by atoms with Crippen molar-refractivity contribution in [2.45, 2.75) is 19.9 Å². The van der Waals surface area contributed by atoms with Crippen LogP contribution in [0.3, 0.4) is 0 Å². The number of benzene rings is 2. The molecule has 0 aromatic heterocycles. The van der Waals surface area contributed by atoms with E-state index in [-0.39, 0.29) is 18.1 Å². The lowest BCUT2D eigenvalue weighted by Crippen LogP contribution is -2.25. The van der Waals surface area contributed by atoms with Crippen molar-refractivity contribution in [2.24, 2.45) is 0 Å². The highest BCUT2D eigenvalue weighted by Gasteiger charge is 2.09. The highest BCUT2D eigenvalue weighted by Crippen LogP contribution is 2.19. The van der Waals surface area contributed by atoms with Gasteiger partial charge in [0.2, 0.25) is 5.91 Å². The molecule has 0 aliphatic heterocycles. The van der Waals surface area contributed by atoms with Crippen LogP contribution in [0.2, 0.25) is 0 Å². The molecule has 21 heavy (non-hydrogen) atoms. The van der Waals surface area contributed by atoms with Crippen molar-refractivity contribution in [2.75, 3.05) is 7.11 Å². The van der Waals surface area contributed by atoms with E-state index in [1.807, 2.05) is 25.1 Å². The number of ether oxygens (including phenoxy) is 1. The Morgan fingerprint density at radius 2 is 1.95 bits per heavy atom. The van der Waals surface area contributed by atoms with Gasteiger partial charge in [-0.3, -0.25) is 4.79 Å². The number of hydrogen-bond acceptors (Lipinski definition) is 2. The van der Waals surface area contributed by atoms with Crippen molar-refractivity contribution in [3.8, 4) is 5.75 Å². The predicted octanol–water partition coefficient (Wildman–Crippen LogP) is 3.00. The van der Waals surface area contributed by atoms with E-state index >= 15 is 0 Å². The molecule has 0 unspecified atom stereocenters. The second-order valence-electron chi connectivity index (χ2n) is 4.86. The standard InChI is InChI=1S/C17H18FNO2/c1-12-7-8-16(21-2)14(9-12)11-19-17(20)10-13-5-3-4-6-15(13)18/h3-9H,10-11H2,1-2H3,(H,19,20). The van der Waals surface area contributed by atoms with E-state index in [0.29, 0.717) is 12.1 Å². The Hall–Kier alpha value is -2.36. The first kappa shape index (κ1) is 15.0. The van der Waals surface area contributed by atoms with Crippen molar-refractivity contribution >= 4 is 5.91 Å². The lowest BCUT2D eigenvalue weighted by molar-refractivity contribution is -0.120. The third kappa shape index (κ3) is 4.05. The van der Waals surface area contributed by atoms with Gasteiger partial charge in [0.15, 0.2) is 0 Å². The average Bonchev–Trinajstić information content (AvgIpc) is 2.48. The quantitative estimate of drug-likeness (QED) is 0.918. The molecule has 0 saturated heterocycles. The maximum Gasteiger partial charge on any atom is 0.224 e. The van der Waals surface area contributed by atoms with Crippen molar-refractivity contribution in [3.05, 3.63) is 65.0 Å². The monoisotopic (exact) mass is 287 g/mol. The van der Waals surface area contributed by atoms with Crippen molar-refractivity contribution in [1.82, 2.24) is 5.32 Å². The molecule has 0 bridgehead atoms. The fourth-order valence-corrected chi connectivity index (χ4v) is 2.12. The third-order valence-corrected chi connectivity index (χ3v) is 3.22. The second-order valence-corrected chi connectivity index (χ2v) is 4.86. The number of rotatable bonds is 5. The zero-order valence-electron chi connectivity index (χ0n) is 12.2. The molecule has 0 aliphatic carbocycles. The van der Waals surface area contributed by atoms with E-state index < -0.39 is 0 Å². The summed E-state index contributed by atoms with van der Waals surface area (Å²) in [6.45, 7) is 2.34. The van der Waals surface area contributed by atoms with Crippen molar-refractivity contribution < 1.29 is 13.9 Å². The van der Waals surface area contributed by atoms with E-state index in [0.717, 1.165) is 16.9 Å². The summed E-state index contributed by atoms with van der Waals surface area (Å²) >= 11 is 0. The van der Waals surface area contributed by atoms with Crippen LogP contribution in [-0.4, -0.2) is 13.0 Å². The maximum atomic E-state index is 13.5. The molecule has 1 amide bonds. The molecule has 0 atom stereocenters. The van der Waals surface area contributed by atoms with Crippen LogP contribution in [-0.2, 0) is 17.8 Å². The minimum absolute atomic E-state index is 0.0286. The molecule has 0 radical (unpaired) electrons. The second kappa shape index (κ2) is 6.88. The summed E-state index contributed by atoms with van der Waals surface area (Å²) in [5, 5.41) is 2.79. The van der Waals surface area contributed by atoms with Gasteiger partial charge in [-0.25, -0.2) is 4.39 Å². The van der Waals surface area contributed by atoms with Gasteiger partial charge in [0.05, 0.1) is 13.5 Å². The number of carbonyl (C=O) groups excluding carboxylic acids is 1. The van der Waals surface area contributed by atoms with Gasteiger partial charge in [-0.05, 0) is 24.6 Å². The molecule has 3 nitrogen and oxygen atoms in total. The number of amides is 1. The van der Waals surface area contributed by atoms with Gasteiger partial charge in [0.25, 0.3) is 0 Å². The number of nitrogens with one attached hydrogen (secondary N) is 1. The van der Waals surface area contributed by atoms with Gasteiger partial charge >= 0.3 is 0 Å². The Bertz CT molecular complexity index is 640. The van der Waals surface area contributed by atoms with Gasteiger partial charge in [-0.1, -0.05) is 35.9 Å². The summed E-state index contributed by atoms with van der Waals surface area (Å²) in [7, 11) is 1.59. The summed E-state index contributed by atoms with van der Waals surface area (Å²) in [4.78, 5) is 11.9. The van der Waals surface area contributed by atoms with Crippen LogP contribution < -0.4 is 10.1 Å². The van der Waals surface area contributed by atoms with Crippen LogP contribution in [0.5, 0.6) is 5.75 Å². The largest absolute Gasteiger partial charge is 0.496 e. The SMILES string of the molecule is COc1ccc(C)cc1CNC(=O)Cc1ccccc1F. The van der Waals surface area contributed by atoms with Gasteiger partial charge in [-0.2, -0.15) is 0 Å². The van der Waals surface area contributed by atoms with Crippen molar-refractivity contribution in [3.63, 3.8) is 0 Å². The van der Waals surface area contributed by atoms with Crippen LogP contribution in [0, 0.1) is 12.7 Å². The molecule has 2 rings (SSSR count). The zero-order chi connectivity index (χ0) is 15.2. The minimum atomic E-state index is -0.360. The van der Waals surface area contributed by atoms with Crippen LogP contribution in [0.25, 0.3) is 0 Å². The summed E-state index contributed by atoms with van der Waals surface area (Å²) in [5.74, 6) is 0.149. The molecular weight excluding hydrogens is 269 g/mol. The van der Waals surface area contributed by atoms with E-state index in [4.69, 9.17) is 4.74 Å². The fraction of sp³-hybridized carbons (Fsp3) is 0.235. The number of carbonyl (C=O) groups is 1. The molecule has 110 valence electrons. The molecule has 0 spiro atoms. The maximum absolute atomic E-state index is 13.5. The van der Waals surface area contributed by atoms with Gasteiger partial charge in [-0.15, -0.1) is 0 Å². The molecule has 0 saturated carbocycles. The molecule has 1 N–H and O–H groups in total. The van der Waals surface area contributed by atoms with Gasteiger partial charge < -0.3 is 10.1 Å². The third-order valence-electron chi connectivity index (χ3n) is 3.22. The van der Waals surface area contributed by atoms with Crippen LogP contribution in [0.15, 0.2) is 42.5 Å². The predicted molar refractivity (Wildman–Crippen MR) is 79.7 cm³/mol. The first-order chi connectivity index (χ1) is 10.1. The lowest BCUT2D eigenvalue weighted by Gasteiger charge is -2.11. The smallest absolute Gasteiger partial charge is 0.224 e. The highest BCUT2D eigenvalue weighted by atomic mass is 19.1. The first-order valence-electron chi connectivity index (χ1n) is 6.74. The van der Waals surface area contributed by atoms with Crippen molar-refractivity contribution in [1.29, 1.82) is 0 Å². The normalized spacial score (nSPS) is 10.2. The molecule has 0 fully saturated rings. The molecule has 2 aromatic carbocycles. The molecule has 0 aliphatic rings. The topological polar surface area (TPSA) is 38.3 Å². The Morgan fingerprint density at radius 3 is 2.67 bits per heavy atom. The fourth-order valence-electron chi connectivity index (χ4n) is 2.12. The molecule has 4 heteroatoms. The van der Waals surface area contributed by atoms with Gasteiger partial charge in [0, 0.05) is 12.1 Å². The Morgan fingerprint density at radius 1 is 1.19 bits per heavy atom. The minimum Gasteiger partial charge on any atom is -0.496 e. The van der Waals surface area contributed by atoms with Crippen LogP contribution >= 0.6 is 0 Å². The summed E-state index contributed by atoms with van der Waals surface area (Å²) in [6, 6.07) is 12.1. The summed E-state index contributed by atoms with van der Waals surface area (Å²) in [5.41, 5.74) is 2.39. The number of aryl methyl sites for hydroxylation is 1. The lowest BCUT2D eigenvalue weighted by atomic mass is 10.1. The van der Waals surface area contributed by atoms with E-state index in [1.54, 1.807) is 25.3 Å². The van der Waals surface area contributed by atoms with Gasteiger partial charge in [0.1, 0.15) is 11.6 Å². The summed E-state index contributed by atoms with van der Waals surface area (Å²) in [6.07, 6.45) is 0.0286. The first-order valence-corrected chi connectivity index (χ1v) is 6.74. The number of halogens is 1. The number of hydrogen-bond donors (Lipinski definition) is 1. The average molecular weight is 287 g/mol. The van der Waals surface area contributed by atoms with E-state index in [2.05, 4.69) is 5.32 Å². The highest BCUT2D eigenvalue weighted by molar-refractivity contribution is 5.78. The Kier molecular flexibility index (Phi) is 4.93. The van der Waals surface area contributed by atoms with E-state index in [9.17, 15) is 9.18 Å². The van der Waals surface area contributed by atoms with Crippen LogP contribution in [0.4, 0.5) is 4.39 Å². The number of methoxy groups -OCH3 is 1. The van der Waals surface area contributed by atoms with Crippen LogP contribution in [0.1, 0.15) is 16.7 Å².